The zero-order valence-corrected chi connectivity index (χ0v) is 10.3. The van der Waals surface area contributed by atoms with Gasteiger partial charge < -0.3 is 16.5 Å². The quantitative estimate of drug-likeness (QED) is 0.415. The van der Waals surface area contributed by atoms with Gasteiger partial charge in [-0.2, -0.15) is 0 Å². The van der Waals surface area contributed by atoms with Crippen molar-refractivity contribution < 1.29 is 0 Å². The molecule has 0 aliphatic rings. The van der Waals surface area contributed by atoms with Crippen LogP contribution >= 0.6 is 0 Å². The first-order valence-corrected chi connectivity index (χ1v) is 6.23. The minimum Gasteiger partial charge on any atom is -0.395 e. The molecular weight excluding hydrogens is 234 g/mol. The molecule has 3 nitrogen and oxygen atoms in total. The molecule has 3 heteroatoms. The maximum Gasteiger partial charge on any atom is 0.125 e. The Labute approximate surface area is 109 Å². The van der Waals surface area contributed by atoms with Gasteiger partial charge in [0, 0.05) is 10.8 Å². The lowest BCUT2D eigenvalue weighted by atomic mass is 10.0. The summed E-state index contributed by atoms with van der Waals surface area (Å²) >= 11 is 0. The van der Waals surface area contributed by atoms with Crippen LogP contribution in [0.3, 0.4) is 0 Å². The molecule has 4 aromatic rings. The maximum absolute atomic E-state index is 5.99. The summed E-state index contributed by atoms with van der Waals surface area (Å²) in [5.74, 6) is 0.538. The molecular formula is C16H13N3. The molecule has 1 aromatic heterocycles. The van der Waals surface area contributed by atoms with Gasteiger partial charge in [0.25, 0.3) is 0 Å². The first-order chi connectivity index (χ1) is 9.25. The number of fused-ring (bicyclic) bond motifs is 5. The fraction of sp³-hybridized carbons (Fsp3) is 0. The summed E-state index contributed by atoms with van der Waals surface area (Å²) in [4.78, 5) is 3.19. The van der Waals surface area contributed by atoms with Crippen molar-refractivity contribution >= 4 is 44.0 Å². The number of nitrogens with two attached hydrogens (primary N) is 2. The van der Waals surface area contributed by atoms with Gasteiger partial charge in [0.2, 0.25) is 0 Å². The summed E-state index contributed by atoms with van der Waals surface area (Å²) in [6, 6.07) is 16.8. The summed E-state index contributed by atoms with van der Waals surface area (Å²) in [6.45, 7) is 0. The highest BCUT2D eigenvalue weighted by molar-refractivity contribution is 6.19. The summed E-state index contributed by atoms with van der Waals surface area (Å²) in [6.07, 6.45) is 0. The normalized spacial score (nSPS) is 11.6. The van der Waals surface area contributed by atoms with Gasteiger partial charge in [-0.15, -0.1) is 0 Å². The predicted octanol–water partition coefficient (Wildman–Crippen LogP) is 3.64. The van der Waals surface area contributed by atoms with Crippen LogP contribution in [0, 0.1) is 0 Å². The molecule has 19 heavy (non-hydrogen) atoms. The van der Waals surface area contributed by atoms with Gasteiger partial charge in [0.05, 0.1) is 11.2 Å². The minimum atomic E-state index is 0.538. The lowest BCUT2D eigenvalue weighted by molar-refractivity contribution is 1.49. The molecule has 0 saturated heterocycles. The fourth-order valence-electron chi connectivity index (χ4n) is 2.79. The molecule has 0 bridgehead atoms. The van der Waals surface area contributed by atoms with E-state index in [4.69, 9.17) is 11.5 Å². The standard InChI is InChI=1S/C16H13N3/c17-14-13-8-7-11-10-4-2-1-3-9(10)5-6-12(11)15(13)19-16(14)18/h1-8,19H,17-18H2. The van der Waals surface area contributed by atoms with Crippen molar-refractivity contribution in [3.63, 3.8) is 0 Å². The summed E-state index contributed by atoms with van der Waals surface area (Å²) in [5.41, 5.74) is 13.5. The van der Waals surface area contributed by atoms with Crippen LogP contribution in [0.4, 0.5) is 11.5 Å². The number of anilines is 2. The first-order valence-electron chi connectivity index (χ1n) is 6.23. The average Bonchev–Trinajstić information content (AvgIpc) is 2.74. The number of aromatic amines is 1. The average molecular weight is 247 g/mol. The molecule has 0 atom stereocenters. The second-order valence-corrected chi connectivity index (χ2v) is 4.82. The predicted molar refractivity (Wildman–Crippen MR) is 82.1 cm³/mol. The number of benzene rings is 3. The topological polar surface area (TPSA) is 67.8 Å². The zero-order valence-electron chi connectivity index (χ0n) is 10.3. The van der Waals surface area contributed by atoms with E-state index in [1.165, 1.54) is 16.2 Å². The van der Waals surface area contributed by atoms with Crippen LogP contribution in [0.15, 0.2) is 48.5 Å². The Balaban J connectivity index is 2.29. The van der Waals surface area contributed by atoms with E-state index in [-0.39, 0.29) is 0 Å². The number of aromatic nitrogens is 1. The largest absolute Gasteiger partial charge is 0.395 e. The van der Waals surface area contributed by atoms with Crippen LogP contribution in [-0.4, -0.2) is 4.98 Å². The SMILES string of the molecule is Nc1[nH]c2c(ccc3c4ccccc4ccc32)c1N. The lowest BCUT2D eigenvalue weighted by Crippen LogP contribution is -1.90. The van der Waals surface area contributed by atoms with E-state index < -0.39 is 0 Å². The molecule has 0 amide bonds. The molecule has 0 saturated carbocycles. The Morgan fingerprint density at radius 2 is 1.42 bits per heavy atom. The molecule has 5 N–H and O–H groups in total. The summed E-state index contributed by atoms with van der Waals surface area (Å²) < 4.78 is 0. The third-order valence-corrected chi connectivity index (χ3v) is 3.77. The number of rotatable bonds is 0. The molecule has 1 heterocycles. The highest BCUT2D eigenvalue weighted by Crippen LogP contribution is 2.35. The van der Waals surface area contributed by atoms with E-state index in [2.05, 4.69) is 47.4 Å². The maximum atomic E-state index is 5.99. The number of H-pyrrole nitrogens is 1. The van der Waals surface area contributed by atoms with Crippen LogP contribution in [0.5, 0.6) is 0 Å². The van der Waals surface area contributed by atoms with E-state index >= 15 is 0 Å². The monoisotopic (exact) mass is 247 g/mol. The Bertz CT molecular complexity index is 935. The van der Waals surface area contributed by atoms with Crippen molar-refractivity contribution in [3.8, 4) is 0 Å². The third kappa shape index (κ3) is 1.27. The second kappa shape index (κ2) is 3.42. The van der Waals surface area contributed by atoms with Gasteiger partial charge in [-0.05, 0) is 16.2 Å². The number of nitrogens with one attached hydrogen (secondary N) is 1. The van der Waals surface area contributed by atoms with E-state index in [0.29, 0.717) is 11.5 Å². The first kappa shape index (κ1) is 10.3. The Kier molecular flexibility index (Phi) is 1.85. The highest BCUT2D eigenvalue weighted by atomic mass is 14.9. The molecule has 92 valence electrons. The molecule has 0 fully saturated rings. The van der Waals surface area contributed by atoms with Gasteiger partial charge in [-0.25, -0.2) is 0 Å². The zero-order chi connectivity index (χ0) is 13.0. The molecule has 4 rings (SSSR count). The van der Waals surface area contributed by atoms with E-state index in [1.807, 2.05) is 6.07 Å². The van der Waals surface area contributed by atoms with Crippen LogP contribution in [0.25, 0.3) is 32.4 Å². The van der Waals surface area contributed by atoms with Crippen LogP contribution in [-0.2, 0) is 0 Å². The highest BCUT2D eigenvalue weighted by Gasteiger charge is 2.10. The third-order valence-electron chi connectivity index (χ3n) is 3.77. The van der Waals surface area contributed by atoms with Crippen molar-refractivity contribution in [2.24, 2.45) is 0 Å². The number of hydrogen-bond acceptors (Lipinski definition) is 2. The molecule has 0 spiro atoms. The van der Waals surface area contributed by atoms with E-state index in [9.17, 15) is 0 Å². The van der Waals surface area contributed by atoms with Gasteiger partial charge >= 0.3 is 0 Å². The fourth-order valence-corrected chi connectivity index (χ4v) is 2.79. The Hall–Kier alpha value is -2.68. The molecule has 0 aliphatic carbocycles. The Morgan fingerprint density at radius 1 is 0.684 bits per heavy atom. The van der Waals surface area contributed by atoms with Crippen molar-refractivity contribution in [2.75, 3.05) is 11.5 Å². The number of hydrogen-bond donors (Lipinski definition) is 3. The van der Waals surface area contributed by atoms with Crippen molar-refractivity contribution in [1.29, 1.82) is 0 Å². The van der Waals surface area contributed by atoms with Gasteiger partial charge in [0.1, 0.15) is 5.82 Å². The lowest BCUT2D eigenvalue weighted by Gasteiger charge is -2.05. The molecule has 0 radical (unpaired) electrons. The van der Waals surface area contributed by atoms with Gasteiger partial charge in [0.15, 0.2) is 0 Å². The number of nitrogen functional groups attached to an aromatic ring is 2. The van der Waals surface area contributed by atoms with E-state index in [1.54, 1.807) is 0 Å². The molecule has 0 unspecified atom stereocenters. The molecule has 0 aliphatic heterocycles. The minimum absolute atomic E-state index is 0.538. The van der Waals surface area contributed by atoms with Crippen LogP contribution in [0.1, 0.15) is 0 Å². The van der Waals surface area contributed by atoms with Crippen LogP contribution < -0.4 is 11.5 Å². The van der Waals surface area contributed by atoms with Crippen LogP contribution in [0.2, 0.25) is 0 Å². The van der Waals surface area contributed by atoms with Gasteiger partial charge in [-0.1, -0.05) is 48.5 Å². The summed E-state index contributed by atoms with van der Waals surface area (Å²) in [7, 11) is 0. The van der Waals surface area contributed by atoms with Crippen molar-refractivity contribution in [1.82, 2.24) is 4.98 Å². The van der Waals surface area contributed by atoms with Crippen molar-refractivity contribution in [3.05, 3.63) is 48.5 Å². The smallest absolute Gasteiger partial charge is 0.125 e. The summed E-state index contributed by atoms with van der Waals surface area (Å²) in [5, 5.41) is 5.84. The van der Waals surface area contributed by atoms with E-state index in [0.717, 1.165) is 16.3 Å². The van der Waals surface area contributed by atoms with Crippen molar-refractivity contribution in [2.45, 2.75) is 0 Å². The Morgan fingerprint density at radius 3 is 2.32 bits per heavy atom. The molecule has 3 aromatic carbocycles. The van der Waals surface area contributed by atoms with Gasteiger partial charge in [-0.3, -0.25) is 0 Å². The second-order valence-electron chi connectivity index (χ2n) is 4.82.